The van der Waals surface area contributed by atoms with Crippen LogP contribution in [-0.4, -0.2) is 34.7 Å². The monoisotopic (exact) mass is 253 g/mol. The quantitative estimate of drug-likeness (QED) is 0.814. The maximum Gasteiger partial charge on any atom is 0.274 e. The molecule has 17 heavy (non-hydrogen) atoms. The van der Waals surface area contributed by atoms with E-state index in [-0.39, 0.29) is 23.1 Å². The van der Waals surface area contributed by atoms with Gasteiger partial charge in [0.15, 0.2) is 5.69 Å². The van der Waals surface area contributed by atoms with E-state index in [1.54, 1.807) is 4.90 Å². The van der Waals surface area contributed by atoms with Crippen molar-refractivity contribution in [2.24, 2.45) is 0 Å². The Morgan fingerprint density at radius 1 is 1.41 bits per heavy atom. The van der Waals surface area contributed by atoms with E-state index in [0.717, 1.165) is 0 Å². The number of piperidine rings is 1. The number of likely N-dealkylation sites (tertiary alicyclic amines) is 1. The van der Waals surface area contributed by atoms with Crippen molar-refractivity contribution in [2.45, 2.75) is 12.8 Å². The molecule has 1 aliphatic heterocycles. The summed E-state index contributed by atoms with van der Waals surface area (Å²) in [5, 5.41) is 0.396. The van der Waals surface area contributed by atoms with E-state index in [2.05, 4.69) is 4.98 Å². The van der Waals surface area contributed by atoms with E-state index >= 15 is 0 Å². The number of rotatable bonds is 1. The van der Waals surface area contributed by atoms with Crippen molar-refractivity contribution < 1.29 is 9.59 Å². The van der Waals surface area contributed by atoms with Crippen LogP contribution in [0.5, 0.6) is 0 Å². The van der Waals surface area contributed by atoms with Crippen LogP contribution in [0.2, 0.25) is 5.02 Å². The second-order valence-electron chi connectivity index (χ2n) is 3.92. The summed E-state index contributed by atoms with van der Waals surface area (Å²) in [6.45, 7) is 0.864. The van der Waals surface area contributed by atoms with Gasteiger partial charge in [0.2, 0.25) is 0 Å². The van der Waals surface area contributed by atoms with Gasteiger partial charge in [-0.3, -0.25) is 9.59 Å². The number of hydrogen-bond donors (Lipinski definition) is 1. The molecule has 0 aromatic carbocycles. The van der Waals surface area contributed by atoms with Crippen LogP contribution in [-0.2, 0) is 4.79 Å². The molecule has 6 heteroatoms. The first kappa shape index (κ1) is 11.9. The van der Waals surface area contributed by atoms with Crippen molar-refractivity contribution in [2.75, 3.05) is 18.8 Å². The molecule has 0 aliphatic carbocycles. The average Bonchev–Trinajstić information content (AvgIpc) is 2.29. The van der Waals surface area contributed by atoms with Crippen LogP contribution in [0, 0.1) is 0 Å². The van der Waals surface area contributed by atoms with E-state index < -0.39 is 0 Å². The van der Waals surface area contributed by atoms with Crippen LogP contribution in [0.3, 0.4) is 0 Å². The minimum absolute atomic E-state index is 0.186. The zero-order chi connectivity index (χ0) is 12.4. The van der Waals surface area contributed by atoms with Crippen LogP contribution < -0.4 is 5.73 Å². The van der Waals surface area contributed by atoms with Gasteiger partial charge in [0, 0.05) is 32.1 Å². The van der Waals surface area contributed by atoms with Gasteiger partial charge >= 0.3 is 0 Å². The van der Waals surface area contributed by atoms with Gasteiger partial charge in [0.1, 0.15) is 5.78 Å². The molecule has 1 saturated heterocycles. The number of Topliss-reactive ketones (excluding diaryl/α,β-unsaturated/α-hetero) is 1. The number of nitrogen functional groups attached to an aromatic ring is 1. The standard InChI is InChI=1S/C11H12ClN3O2/c12-7-5-9(13)10(14-6-7)11(17)15-3-1-8(16)2-4-15/h5-6H,1-4,13H2. The van der Waals surface area contributed by atoms with Crippen LogP contribution in [0.15, 0.2) is 12.3 Å². The Bertz CT molecular complexity index is 466. The molecule has 1 aromatic heterocycles. The highest BCUT2D eigenvalue weighted by atomic mass is 35.5. The fraction of sp³-hybridized carbons (Fsp3) is 0.364. The average molecular weight is 254 g/mol. The molecule has 0 atom stereocenters. The maximum atomic E-state index is 12.1. The van der Waals surface area contributed by atoms with E-state index in [4.69, 9.17) is 17.3 Å². The molecule has 1 aliphatic rings. The van der Waals surface area contributed by atoms with Gasteiger partial charge in [-0.1, -0.05) is 11.6 Å². The second kappa shape index (κ2) is 4.71. The predicted octanol–water partition coefficient (Wildman–Crippen LogP) is 1.12. The molecule has 2 N–H and O–H groups in total. The normalized spacial score (nSPS) is 16.1. The number of amides is 1. The van der Waals surface area contributed by atoms with Gasteiger partial charge < -0.3 is 10.6 Å². The molecular formula is C11H12ClN3O2. The van der Waals surface area contributed by atoms with Crippen molar-refractivity contribution in [3.8, 4) is 0 Å². The summed E-state index contributed by atoms with van der Waals surface area (Å²) in [4.78, 5) is 28.7. The van der Waals surface area contributed by atoms with E-state index in [1.165, 1.54) is 12.3 Å². The Labute approximate surface area is 104 Å². The van der Waals surface area contributed by atoms with Crippen molar-refractivity contribution >= 4 is 29.0 Å². The number of carbonyl (C=O) groups is 2. The molecule has 0 bridgehead atoms. The highest BCUT2D eigenvalue weighted by Crippen LogP contribution is 2.18. The fourth-order valence-corrected chi connectivity index (χ4v) is 1.91. The number of aromatic nitrogens is 1. The van der Waals surface area contributed by atoms with Gasteiger partial charge in [0.05, 0.1) is 10.7 Å². The highest BCUT2D eigenvalue weighted by Gasteiger charge is 2.24. The summed E-state index contributed by atoms with van der Waals surface area (Å²) in [5.41, 5.74) is 6.16. The molecule has 1 aromatic rings. The molecule has 2 rings (SSSR count). The van der Waals surface area contributed by atoms with Gasteiger partial charge in [-0.15, -0.1) is 0 Å². The number of ketones is 1. The zero-order valence-electron chi connectivity index (χ0n) is 9.15. The summed E-state index contributed by atoms with van der Waals surface area (Å²) in [5.74, 6) is -0.0576. The number of carbonyl (C=O) groups excluding carboxylic acids is 2. The summed E-state index contributed by atoms with van der Waals surface area (Å²) in [7, 11) is 0. The number of nitrogens with zero attached hydrogens (tertiary/aromatic N) is 2. The number of anilines is 1. The lowest BCUT2D eigenvalue weighted by Gasteiger charge is -2.26. The Hall–Kier alpha value is -1.62. The summed E-state index contributed by atoms with van der Waals surface area (Å²) in [6.07, 6.45) is 2.19. The van der Waals surface area contributed by atoms with Crippen molar-refractivity contribution in [3.05, 3.63) is 23.0 Å². The SMILES string of the molecule is Nc1cc(Cl)cnc1C(=O)N1CCC(=O)CC1. The van der Waals surface area contributed by atoms with E-state index in [0.29, 0.717) is 31.0 Å². The number of halogens is 1. The van der Waals surface area contributed by atoms with Gasteiger partial charge in [-0.25, -0.2) is 4.98 Å². The van der Waals surface area contributed by atoms with Crippen molar-refractivity contribution in [1.82, 2.24) is 9.88 Å². The van der Waals surface area contributed by atoms with Crippen molar-refractivity contribution in [1.29, 1.82) is 0 Å². The topological polar surface area (TPSA) is 76.3 Å². The first-order valence-electron chi connectivity index (χ1n) is 5.30. The maximum absolute atomic E-state index is 12.1. The number of hydrogen-bond acceptors (Lipinski definition) is 4. The zero-order valence-corrected chi connectivity index (χ0v) is 9.91. The van der Waals surface area contributed by atoms with Gasteiger partial charge in [-0.05, 0) is 6.07 Å². The molecule has 0 radical (unpaired) electrons. The molecule has 0 unspecified atom stereocenters. The van der Waals surface area contributed by atoms with Crippen molar-refractivity contribution in [3.63, 3.8) is 0 Å². The summed E-state index contributed by atoms with van der Waals surface area (Å²) in [6, 6.07) is 1.50. The molecule has 5 nitrogen and oxygen atoms in total. The third-order valence-corrected chi connectivity index (χ3v) is 2.90. The fourth-order valence-electron chi connectivity index (χ4n) is 1.74. The van der Waals surface area contributed by atoms with Crippen LogP contribution in [0.1, 0.15) is 23.3 Å². The summed E-state index contributed by atoms with van der Waals surface area (Å²) < 4.78 is 0. The second-order valence-corrected chi connectivity index (χ2v) is 4.36. The first-order valence-corrected chi connectivity index (χ1v) is 5.67. The lowest BCUT2D eigenvalue weighted by Crippen LogP contribution is -2.39. The highest BCUT2D eigenvalue weighted by molar-refractivity contribution is 6.30. The molecule has 1 amide bonds. The Balaban J connectivity index is 2.16. The third-order valence-electron chi connectivity index (χ3n) is 2.69. The van der Waals surface area contributed by atoms with Gasteiger partial charge in [-0.2, -0.15) is 0 Å². The predicted molar refractivity (Wildman–Crippen MR) is 63.8 cm³/mol. The lowest BCUT2D eigenvalue weighted by atomic mass is 10.1. The molecule has 0 spiro atoms. The largest absolute Gasteiger partial charge is 0.397 e. The molecule has 1 fully saturated rings. The lowest BCUT2D eigenvalue weighted by molar-refractivity contribution is -0.120. The minimum Gasteiger partial charge on any atom is -0.397 e. The Morgan fingerprint density at radius 2 is 2.06 bits per heavy atom. The van der Waals surface area contributed by atoms with Crippen LogP contribution in [0.4, 0.5) is 5.69 Å². The van der Waals surface area contributed by atoms with Crippen LogP contribution in [0.25, 0.3) is 0 Å². The molecular weight excluding hydrogens is 242 g/mol. The third kappa shape index (κ3) is 2.55. The van der Waals surface area contributed by atoms with E-state index in [1.807, 2.05) is 0 Å². The minimum atomic E-state index is -0.244. The summed E-state index contributed by atoms with van der Waals surface area (Å²) >= 11 is 5.71. The molecule has 90 valence electrons. The molecule has 2 heterocycles. The Kier molecular flexibility index (Phi) is 3.28. The first-order chi connectivity index (χ1) is 8.08. The number of nitrogens with two attached hydrogens (primary N) is 1. The van der Waals surface area contributed by atoms with Gasteiger partial charge in [0.25, 0.3) is 5.91 Å². The Morgan fingerprint density at radius 3 is 2.65 bits per heavy atom. The molecule has 0 saturated carbocycles. The number of pyridine rings is 1. The van der Waals surface area contributed by atoms with Crippen LogP contribution >= 0.6 is 11.6 Å². The smallest absolute Gasteiger partial charge is 0.274 e. The van der Waals surface area contributed by atoms with E-state index in [9.17, 15) is 9.59 Å².